The largest absolute Gasteiger partial charge is 0.490 e. The number of nitrogens with zero attached hydrogens (tertiary/aromatic N) is 2. The Bertz CT molecular complexity index is 1250. The summed E-state index contributed by atoms with van der Waals surface area (Å²) in [5.74, 6) is 0.366. The van der Waals surface area contributed by atoms with Crippen LogP contribution >= 0.6 is 15.9 Å². The second-order valence-corrected chi connectivity index (χ2v) is 7.88. The van der Waals surface area contributed by atoms with Gasteiger partial charge in [0.2, 0.25) is 0 Å². The lowest BCUT2D eigenvalue weighted by molar-refractivity contribution is -0.384. The summed E-state index contributed by atoms with van der Waals surface area (Å²) in [6.45, 7) is 2.19. The number of rotatable bonds is 9. The normalized spacial score (nSPS) is 11.5. The number of nitro groups is 1. The molecule has 3 rings (SSSR count). The predicted octanol–water partition coefficient (Wildman–Crippen LogP) is 6.94. The standard InChI is InChI=1S/C23H18BrF4N3O4/c1-2-34-21-9-15(18(24)11-22(21)35-13-14-4-3-5-17(25)8-14)12-29-30-19-7-6-16(23(26,27)28)10-20(19)31(32)33/h3-12,30H,2,13H2,1H3/b29-12-. The summed E-state index contributed by atoms with van der Waals surface area (Å²) in [6, 6.07) is 11.3. The Morgan fingerprint density at radius 3 is 2.51 bits per heavy atom. The monoisotopic (exact) mass is 555 g/mol. The van der Waals surface area contributed by atoms with Gasteiger partial charge in [-0.3, -0.25) is 15.5 Å². The van der Waals surface area contributed by atoms with Gasteiger partial charge >= 0.3 is 6.18 Å². The van der Waals surface area contributed by atoms with Gasteiger partial charge in [-0.05, 0) is 64.8 Å². The lowest BCUT2D eigenvalue weighted by Crippen LogP contribution is -2.06. The van der Waals surface area contributed by atoms with Crippen molar-refractivity contribution in [2.75, 3.05) is 12.0 Å². The van der Waals surface area contributed by atoms with Gasteiger partial charge in [-0.25, -0.2) is 4.39 Å². The van der Waals surface area contributed by atoms with Crippen molar-refractivity contribution in [1.82, 2.24) is 0 Å². The average Bonchev–Trinajstić information content (AvgIpc) is 2.79. The quantitative estimate of drug-likeness (QED) is 0.134. The first-order chi connectivity index (χ1) is 16.6. The molecule has 0 saturated heterocycles. The highest BCUT2D eigenvalue weighted by Crippen LogP contribution is 2.36. The second kappa shape index (κ2) is 11.2. The van der Waals surface area contributed by atoms with Crippen molar-refractivity contribution < 1.29 is 32.0 Å². The topological polar surface area (TPSA) is 86.0 Å². The van der Waals surface area contributed by atoms with Gasteiger partial charge in [0, 0.05) is 16.1 Å². The number of hydrazone groups is 1. The van der Waals surface area contributed by atoms with Crippen molar-refractivity contribution in [2.45, 2.75) is 19.7 Å². The molecule has 0 amide bonds. The minimum absolute atomic E-state index is 0.0941. The minimum Gasteiger partial charge on any atom is -0.490 e. The van der Waals surface area contributed by atoms with Gasteiger partial charge in [0.25, 0.3) is 5.69 Å². The average molecular weight is 556 g/mol. The molecule has 184 valence electrons. The first-order valence-electron chi connectivity index (χ1n) is 10.1. The zero-order chi connectivity index (χ0) is 25.6. The fourth-order valence-corrected chi connectivity index (χ4v) is 3.37. The molecule has 0 atom stereocenters. The molecule has 0 heterocycles. The Balaban J connectivity index is 1.80. The van der Waals surface area contributed by atoms with Crippen molar-refractivity contribution in [2.24, 2.45) is 5.10 Å². The van der Waals surface area contributed by atoms with Gasteiger partial charge in [-0.1, -0.05) is 12.1 Å². The summed E-state index contributed by atoms with van der Waals surface area (Å²) in [5.41, 5.74) is 1.39. The Hall–Kier alpha value is -3.67. The number of benzene rings is 3. The molecule has 0 aliphatic heterocycles. The third kappa shape index (κ3) is 6.92. The molecule has 3 aromatic carbocycles. The van der Waals surface area contributed by atoms with Crippen molar-refractivity contribution >= 4 is 33.5 Å². The van der Waals surface area contributed by atoms with Gasteiger partial charge in [-0.2, -0.15) is 18.3 Å². The van der Waals surface area contributed by atoms with Crippen LogP contribution < -0.4 is 14.9 Å². The number of anilines is 1. The smallest absolute Gasteiger partial charge is 0.416 e. The van der Waals surface area contributed by atoms with E-state index in [4.69, 9.17) is 9.47 Å². The highest BCUT2D eigenvalue weighted by molar-refractivity contribution is 9.10. The number of hydrogen-bond acceptors (Lipinski definition) is 6. The van der Waals surface area contributed by atoms with Crippen LogP contribution in [0.2, 0.25) is 0 Å². The van der Waals surface area contributed by atoms with Crippen molar-refractivity contribution in [3.8, 4) is 11.5 Å². The van der Waals surface area contributed by atoms with Crippen LogP contribution in [0, 0.1) is 15.9 Å². The third-order valence-corrected chi connectivity index (χ3v) is 5.24. The Morgan fingerprint density at radius 1 is 1.11 bits per heavy atom. The molecule has 0 bridgehead atoms. The molecule has 0 aromatic heterocycles. The summed E-state index contributed by atoms with van der Waals surface area (Å²) in [4.78, 5) is 10.3. The number of hydrogen-bond donors (Lipinski definition) is 1. The number of ether oxygens (including phenoxy) is 2. The number of halogens is 5. The maximum atomic E-state index is 13.4. The third-order valence-electron chi connectivity index (χ3n) is 4.56. The molecule has 0 fully saturated rings. The van der Waals surface area contributed by atoms with Crippen LogP contribution in [0.5, 0.6) is 11.5 Å². The summed E-state index contributed by atoms with van der Waals surface area (Å²) >= 11 is 3.38. The van der Waals surface area contributed by atoms with E-state index in [1.807, 2.05) is 0 Å². The highest BCUT2D eigenvalue weighted by atomic mass is 79.9. The summed E-state index contributed by atoms with van der Waals surface area (Å²) < 4.78 is 63.9. The Morgan fingerprint density at radius 2 is 1.86 bits per heavy atom. The number of nitrogens with one attached hydrogen (secondary N) is 1. The summed E-state index contributed by atoms with van der Waals surface area (Å²) in [7, 11) is 0. The predicted molar refractivity (Wildman–Crippen MR) is 125 cm³/mol. The molecule has 0 aliphatic carbocycles. The van der Waals surface area contributed by atoms with Gasteiger partial charge in [0.1, 0.15) is 18.1 Å². The molecular weight excluding hydrogens is 538 g/mol. The zero-order valence-corrected chi connectivity index (χ0v) is 19.7. The van der Waals surface area contributed by atoms with E-state index in [2.05, 4.69) is 26.5 Å². The van der Waals surface area contributed by atoms with E-state index in [1.54, 1.807) is 31.2 Å². The number of nitro benzene ring substituents is 1. The van der Waals surface area contributed by atoms with Crippen LogP contribution in [0.3, 0.4) is 0 Å². The first kappa shape index (κ1) is 25.9. The van der Waals surface area contributed by atoms with Crippen LogP contribution in [-0.2, 0) is 12.8 Å². The van der Waals surface area contributed by atoms with Crippen LogP contribution in [0.25, 0.3) is 0 Å². The lowest BCUT2D eigenvalue weighted by atomic mass is 10.1. The fourth-order valence-electron chi connectivity index (χ4n) is 2.94. The molecule has 0 saturated carbocycles. The van der Waals surface area contributed by atoms with Crippen LogP contribution in [0.15, 0.2) is 64.2 Å². The molecule has 0 aliphatic rings. The molecule has 1 N–H and O–H groups in total. The molecule has 0 unspecified atom stereocenters. The maximum Gasteiger partial charge on any atom is 0.416 e. The van der Waals surface area contributed by atoms with Gasteiger partial charge < -0.3 is 9.47 Å². The molecule has 3 aromatic rings. The Kier molecular flexibility index (Phi) is 8.28. The van der Waals surface area contributed by atoms with E-state index < -0.39 is 22.4 Å². The molecule has 0 spiro atoms. The molecule has 12 heteroatoms. The highest BCUT2D eigenvalue weighted by Gasteiger charge is 2.33. The zero-order valence-electron chi connectivity index (χ0n) is 18.1. The van der Waals surface area contributed by atoms with Crippen LogP contribution in [-0.4, -0.2) is 17.7 Å². The summed E-state index contributed by atoms with van der Waals surface area (Å²) in [6.07, 6.45) is -3.41. The Labute approximate surface area is 205 Å². The maximum absolute atomic E-state index is 13.4. The van der Waals surface area contributed by atoms with Crippen molar-refractivity contribution in [1.29, 1.82) is 0 Å². The SMILES string of the molecule is CCOc1cc(/C=N\Nc2ccc(C(F)(F)F)cc2[N+](=O)[O-])c(Br)cc1OCc1cccc(F)c1. The van der Waals surface area contributed by atoms with E-state index in [0.717, 1.165) is 12.1 Å². The molecule has 0 radical (unpaired) electrons. The minimum atomic E-state index is -4.72. The molecule has 35 heavy (non-hydrogen) atoms. The van der Waals surface area contributed by atoms with Gasteiger partial charge in [0.05, 0.1) is 23.3 Å². The van der Waals surface area contributed by atoms with E-state index in [1.165, 1.54) is 18.3 Å². The molecular formula is C23H18BrF4N3O4. The van der Waals surface area contributed by atoms with E-state index in [0.29, 0.717) is 39.8 Å². The van der Waals surface area contributed by atoms with E-state index in [-0.39, 0.29) is 18.1 Å². The van der Waals surface area contributed by atoms with Gasteiger partial charge in [0.15, 0.2) is 11.5 Å². The van der Waals surface area contributed by atoms with Crippen molar-refractivity contribution in [3.05, 3.63) is 91.7 Å². The second-order valence-electron chi connectivity index (χ2n) is 7.03. The van der Waals surface area contributed by atoms with Crippen molar-refractivity contribution in [3.63, 3.8) is 0 Å². The summed E-state index contributed by atoms with van der Waals surface area (Å²) in [5, 5.41) is 15.1. The number of alkyl halides is 3. The lowest BCUT2D eigenvalue weighted by Gasteiger charge is -2.14. The fraction of sp³-hybridized carbons (Fsp3) is 0.174. The van der Waals surface area contributed by atoms with Crippen LogP contribution in [0.4, 0.5) is 28.9 Å². The van der Waals surface area contributed by atoms with Gasteiger partial charge in [-0.15, -0.1) is 0 Å². The van der Waals surface area contributed by atoms with E-state index >= 15 is 0 Å². The van der Waals surface area contributed by atoms with Crippen LogP contribution in [0.1, 0.15) is 23.6 Å². The molecule has 7 nitrogen and oxygen atoms in total. The van der Waals surface area contributed by atoms with E-state index in [9.17, 15) is 27.7 Å². The first-order valence-corrected chi connectivity index (χ1v) is 10.9.